The van der Waals surface area contributed by atoms with Gasteiger partial charge >= 0.3 is 5.97 Å². The van der Waals surface area contributed by atoms with Crippen LogP contribution >= 0.6 is 11.8 Å². The Morgan fingerprint density at radius 1 is 0.938 bits per heavy atom. The first-order valence-corrected chi connectivity index (χ1v) is 10.9. The Labute approximate surface area is 188 Å². The molecule has 4 aromatic rings. The zero-order valence-electron chi connectivity index (χ0n) is 17.5. The summed E-state index contributed by atoms with van der Waals surface area (Å²) in [5.74, 6) is -0.603. The predicted octanol–water partition coefficient (Wildman–Crippen LogP) is 4.46. The highest BCUT2D eigenvalue weighted by molar-refractivity contribution is 7.98. The fourth-order valence-corrected chi connectivity index (χ4v) is 4.34. The van der Waals surface area contributed by atoms with Gasteiger partial charge in [-0.2, -0.15) is 0 Å². The molecule has 0 bridgehead atoms. The lowest BCUT2D eigenvalue weighted by molar-refractivity contribution is 0.0696. The van der Waals surface area contributed by atoms with Gasteiger partial charge in [0.1, 0.15) is 0 Å². The summed E-state index contributed by atoms with van der Waals surface area (Å²) in [7, 11) is 1.72. The van der Waals surface area contributed by atoms with Gasteiger partial charge in [0.2, 0.25) is 0 Å². The van der Waals surface area contributed by atoms with Gasteiger partial charge in [-0.15, -0.1) is 0 Å². The molecule has 1 heterocycles. The largest absolute Gasteiger partial charge is 0.478 e. The summed E-state index contributed by atoms with van der Waals surface area (Å²) >= 11 is 1.46. The fraction of sp³-hybridized carbons (Fsp3) is 0.120. The molecule has 6 nitrogen and oxygen atoms in total. The van der Waals surface area contributed by atoms with Gasteiger partial charge in [0, 0.05) is 23.9 Å². The third-order valence-electron chi connectivity index (χ3n) is 5.25. The molecule has 0 unspecified atom stereocenters. The smallest absolute Gasteiger partial charge is 0.335 e. The molecule has 0 amide bonds. The third-order valence-corrected chi connectivity index (χ3v) is 6.35. The number of ketones is 1. The maximum Gasteiger partial charge on any atom is 0.335 e. The number of thioether (sulfide) groups is 1. The lowest BCUT2D eigenvalue weighted by atomic mass is 10.0. The Kier molecular flexibility index (Phi) is 5.92. The second-order valence-electron chi connectivity index (χ2n) is 7.42. The zero-order chi connectivity index (χ0) is 22.8. The van der Waals surface area contributed by atoms with E-state index >= 15 is 0 Å². The van der Waals surface area contributed by atoms with Gasteiger partial charge in [-0.05, 0) is 36.2 Å². The fourth-order valence-electron chi connectivity index (χ4n) is 3.42. The van der Waals surface area contributed by atoms with Gasteiger partial charge in [0.05, 0.1) is 16.5 Å². The van der Waals surface area contributed by atoms with Crippen molar-refractivity contribution in [1.82, 2.24) is 9.55 Å². The normalized spacial score (nSPS) is 10.9. The van der Waals surface area contributed by atoms with E-state index in [1.165, 1.54) is 36.0 Å². The van der Waals surface area contributed by atoms with Gasteiger partial charge < -0.3 is 5.11 Å². The quantitative estimate of drug-likeness (QED) is 0.268. The standard InChI is InChI=1S/C25H20N2O4S/c1-15-4-3-5-20-21(15)23(29)27(2)25(26-20)32-14-16-6-8-17(9-7-16)22(28)18-10-12-19(13-11-18)24(30)31/h3-13H,14H2,1-2H3,(H,30,31). The molecule has 0 fully saturated rings. The summed E-state index contributed by atoms with van der Waals surface area (Å²) in [4.78, 5) is 41.0. The number of aromatic nitrogens is 2. The summed E-state index contributed by atoms with van der Waals surface area (Å²) < 4.78 is 1.57. The van der Waals surface area contributed by atoms with E-state index in [4.69, 9.17) is 5.11 Å². The summed E-state index contributed by atoms with van der Waals surface area (Å²) in [6.45, 7) is 1.90. The lowest BCUT2D eigenvalue weighted by Crippen LogP contribution is -2.20. The van der Waals surface area contributed by atoms with Crippen LogP contribution in [0.15, 0.2) is 76.7 Å². The van der Waals surface area contributed by atoms with Gasteiger partial charge in [0.25, 0.3) is 5.56 Å². The third kappa shape index (κ3) is 4.20. The van der Waals surface area contributed by atoms with Crippen molar-refractivity contribution < 1.29 is 14.7 Å². The first-order valence-electron chi connectivity index (χ1n) is 9.91. The summed E-state index contributed by atoms with van der Waals surface area (Å²) in [5, 5.41) is 10.2. The second-order valence-corrected chi connectivity index (χ2v) is 8.37. The number of hydrogen-bond acceptors (Lipinski definition) is 5. The van der Waals surface area contributed by atoms with E-state index in [9.17, 15) is 14.4 Å². The van der Waals surface area contributed by atoms with Crippen LogP contribution in [0.25, 0.3) is 10.9 Å². The van der Waals surface area contributed by atoms with Crippen molar-refractivity contribution in [3.63, 3.8) is 0 Å². The Bertz CT molecular complexity index is 1390. The number of fused-ring (bicyclic) bond motifs is 1. The number of hydrogen-bond donors (Lipinski definition) is 1. The molecule has 0 atom stereocenters. The molecule has 0 aliphatic carbocycles. The average Bonchev–Trinajstić information content (AvgIpc) is 2.80. The molecule has 4 rings (SSSR count). The Hall–Kier alpha value is -3.71. The van der Waals surface area contributed by atoms with Crippen LogP contribution in [0.5, 0.6) is 0 Å². The van der Waals surface area contributed by atoms with Crippen LogP contribution in [0.4, 0.5) is 0 Å². The molecule has 0 saturated carbocycles. The van der Waals surface area contributed by atoms with Gasteiger partial charge in [0.15, 0.2) is 10.9 Å². The number of carboxylic acid groups (broad SMARTS) is 1. The molecule has 160 valence electrons. The number of carbonyl (C=O) groups is 2. The van der Waals surface area contributed by atoms with E-state index in [2.05, 4.69) is 4.98 Å². The lowest BCUT2D eigenvalue weighted by Gasteiger charge is -2.10. The molecule has 0 aliphatic heterocycles. The topological polar surface area (TPSA) is 89.3 Å². The molecule has 0 saturated heterocycles. The number of carbonyl (C=O) groups excluding carboxylic acids is 1. The molecule has 1 aromatic heterocycles. The minimum atomic E-state index is -1.03. The Morgan fingerprint density at radius 3 is 2.16 bits per heavy atom. The minimum absolute atomic E-state index is 0.0644. The predicted molar refractivity (Wildman–Crippen MR) is 125 cm³/mol. The molecule has 0 spiro atoms. The number of aromatic carboxylic acids is 1. The number of benzene rings is 3. The molecular formula is C25H20N2O4S. The molecule has 7 heteroatoms. The van der Waals surface area contributed by atoms with Gasteiger partial charge in [-0.1, -0.05) is 60.3 Å². The molecular weight excluding hydrogens is 424 g/mol. The zero-order valence-corrected chi connectivity index (χ0v) is 18.3. The van der Waals surface area contributed by atoms with Crippen molar-refractivity contribution in [3.05, 3.63) is 105 Å². The minimum Gasteiger partial charge on any atom is -0.478 e. The highest BCUT2D eigenvalue weighted by atomic mass is 32.2. The van der Waals surface area contributed by atoms with Crippen LogP contribution in [-0.4, -0.2) is 26.4 Å². The van der Waals surface area contributed by atoms with E-state index in [1.807, 2.05) is 37.3 Å². The second kappa shape index (κ2) is 8.80. The average molecular weight is 445 g/mol. The van der Waals surface area contributed by atoms with Gasteiger partial charge in [-0.3, -0.25) is 14.2 Å². The van der Waals surface area contributed by atoms with Crippen LogP contribution in [0.1, 0.15) is 37.4 Å². The molecule has 32 heavy (non-hydrogen) atoms. The van der Waals surface area contributed by atoms with E-state index in [-0.39, 0.29) is 16.9 Å². The SMILES string of the molecule is Cc1cccc2nc(SCc3ccc(C(=O)c4ccc(C(=O)O)cc4)cc3)n(C)c(=O)c12. The Balaban J connectivity index is 1.50. The van der Waals surface area contributed by atoms with Crippen LogP contribution < -0.4 is 5.56 Å². The van der Waals surface area contributed by atoms with E-state index in [1.54, 1.807) is 23.7 Å². The maximum atomic E-state index is 12.7. The van der Waals surface area contributed by atoms with Crippen molar-refractivity contribution in [2.24, 2.45) is 7.05 Å². The van der Waals surface area contributed by atoms with Crippen molar-refractivity contribution in [2.45, 2.75) is 17.8 Å². The highest BCUT2D eigenvalue weighted by Gasteiger charge is 2.12. The van der Waals surface area contributed by atoms with Crippen molar-refractivity contribution in [1.29, 1.82) is 0 Å². The van der Waals surface area contributed by atoms with E-state index < -0.39 is 5.97 Å². The van der Waals surface area contributed by atoms with Crippen LogP contribution in [0.2, 0.25) is 0 Å². The summed E-state index contributed by atoms with van der Waals surface area (Å²) in [6, 6.07) is 18.8. The van der Waals surface area contributed by atoms with Crippen LogP contribution in [0, 0.1) is 6.92 Å². The number of carboxylic acids is 1. The number of nitrogens with zero attached hydrogens (tertiary/aromatic N) is 2. The molecule has 1 N–H and O–H groups in total. The first kappa shape index (κ1) is 21.5. The maximum absolute atomic E-state index is 12.7. The molecule has 3 aromatic carbocycles. The Morgan fingerprint density at radius 2 is 1.53 bits per heavy atom. The van der Waals surface area contributed by atoms with Crippen molar-refractivity contribution in [2.75, 3.05) is 0 Å². The summed E-state index contributed by atoms with van der Waals surface area (Å²) in [6.07, 6.45) is 0. The number of rotatable bonds is 6. The summed E-state index contributed by atoms with van der Waals surface area (Å²) in [5.41, 5.74) is 3.62. The van der Waals surface area contributed by atoms with E-state index in [0.29, 0.717) is 32.9 Å². The van der Waals surface area contributed by atoms with Crippen molar-refractivity contribution in [3.8, 4) is 0 Å². The van der Waals surface area contributed by atoms with Gasteiger partial charge in [-0.25, -0.2) is 9.78 Å². The first-order chi connectivity index (χ1) is 15.3. The molecule has 0 aliphatic rings. The van der Waals surface area contributed by atoms with Crippen molar-refractivity contribution >= 4 is 34.4 Å². The van der Waals surface area contributed by atoms with Crippen LogP contribution in [0.3, 0.4) is 0 Å². The van der Waals surface area contributed by atoms with Crippen LogP contribution in [-0.2, 0) is 12.8 Å². The highest BCUT2D eigenvalue weighted by Crippen LogP contribution is 2.23. The monoisotopic (exact) mass is 444 g/mol. The number of aryl methyl sites for hydroxylation is 1. The molecule has 0 radical (unpaired) electrons. The van der Waals surface area contributed by atoms with E-state index in [0.717, 1.165) is 11.1 Å².